The molecule has 1 saturated heterocycles. The summed E-state index contributed by atoms with van der Waals surface area (Å²) in [4.78, 5) is 24.3. The van der Waals surface area contributed by atoms with Crippen LogP contribution in [0.25, 0.3) is 11.0 Å². The van der Waals surface area contributed by atoms with Gasteiger partial charge in [-0.25, -0.2) is 9.97 Å². The van der Waals surface area contributed by atoms with Crippen LogP contribution in [-0.2, 0) is 4.79 Å². The minimum atomic E-state index is -0.145. The van der Waals surface area contributed by atoms with E-state index in [4.69, 9.17) is 14.5 Å². The van der Waals surface area contributed by atoms with Crippen molar-refractivity contribution in [3.63, 3.8) is 0 Å². The van der Waals surface area contributed by atoms with Gasteiger partial charge in [-0.3, -0.25) is 4.79 Å². The number of nitrogens with one attached hydrogen (secondary N) is 1. The molecule has 0 aliphatic carbocycles. The quantitative estimate of drug-likeness (QED) is 0.716. The Balaban J connectivity index is 1.53. The maximum Gasteiger partial charge on any atom is 0.257 e. The monoisotopic (exact) mass is 392 g/mol. The number of carbonyl (C=O) groups is 1. The van der Waals surface area contributed by atoms with Crippen molar-refractivity contribution in [3.05, 3.63) is 48.5 Å². The number of hydrogen-bond acceptors (Lipinski definition) is 6. The molecule has 1 aromatic heterocycles. The highest BCUT2D eigenvalue weighted by molar-refractivity contribution is 5.93. The Labute approximate surface area is 169 Å². The molecule has 1 fully saturated rings. The number of methoxy groups -OCH3 is 2. The standard InChI is InChI=1S/C22H24N4O3/c1-28-17-9-5-8-16(13-17)23-21(27)15-7-6-12-26(14-15)20-22(29-2)25-19-11-4-3-10-18(19)24-20/h3-5,8-11,13,15H,6-7,12,14H2,1-2H3,(H,23,27)/t15-/m0/s1. The molecule has 3 aromatic rings. The molecule has 0 radical (unpaired) electrons. The molecule has 0 bridgehead atoms. The third kappa shape index (κ3) is 4.08. The van der Waals surface area contributed by atoms with Crippen molar-refractivity contribution in [2.45, 2.75) is 12.8 Å². The number of piperidine rings is 1. The van der Waals surface area contributed by atoms with Crippen LogP contribution in [0.4, 0.5) is 11.5 Å². The summed E-state index contributed by atoms with van der Waals surface area (Å²) in [5, 5.41) is 3.00. The third-order valence-corrected chi connectivity index (χ3v) is 5.14. The van der Waals surface area contributed by atoms with Gasteiger partial charge in [-0.2, -0.15) is 0 Å². The summed E-state index contributed by atoms with van der Waals surface area (Å²) in [6.45, 7) is 1.38. The number of nitrogens with zero attached hydrogens (tertiary/aromatic N) is 3. The Hall–Kier alpha value is -3.35. The van der Waals surface area contributed by atoms with E-state index < -0.39 is 0 Å². The summed E-state index contributed by atoms with van der Waals surface area (Å²) in [6.07, 6.45) is 1.73. The van der Waals surface area contributed by atoms with Gasteiger partial charge in [0.25, 0.3) is 5.88 Å². The van der Waals surface area contributed by atoms with E-state index in [9.17, 15) is 4.79 Å². The Kier molecular flexibility index (Phi) is 5.46. The first-order valence-electron chi connectivity index (χ1n) is 9.68. The number of amides is 1. The topological polar surface area (TPSA) is 76.6 Å². The van der Waals surface area contributed by atoms with Crippen molar-refractivity contribution in [2.24, 2.45) is 5.92 Å². The van der Waals surface area contributed by atoms with Crippen molar-refractivity contribution >= 4 is 28.4 Å². The molecule has 1 aliphatic heterocycles. The number of benzene rings is 2. The Bertz CT molecular complexity index is 1020. The zero-order chi connectivity index (χ0) is 20.2. The van der Waals surface area contributed by atoms with E-state index in [0.717, 1.165) is 36.1 Å². The Morgan fingerprint density at radius 1 is 1.07 bits per heavy atom. The van der Waals surface area contributed by atoms with Gasteiger partial charge in [0.2, 0.25) is 5.91 Å². The molecular weight excluding hydrogens is 368 g/mol. The lowest BCUT2D eigenvalue weighted by molar-refractivity contribution is -0.120. The summed E-state index contributed by atoms with van der Waals surface area (Å²) in [7, 11) is 3.21. The molecule has 7 heteroatoms. The first-order chi connectivity index (χ1) is 14.2. The van der Waals surface area contributed by atoms with Gasteiger partial charge >= 0.3 is 0 Å². The van der Waals surface area contributed by atoms with Crippen molar-refractivity contribution in [3.8, 4) is 11.6 Å². The number of carbonyl (C=O) groups excluding carboxylic acids is 1. The van der Waals surface area contributed by atoms with Crippen LogP contribution in [0.2, 0.25) is 0 Å². The number of hydrogen-bond donors (Lipinski definition) is 1. The summed E-state index contributed by atoms with van der Waals surface area (Å²) >= 11 is 0. The SMILES string of the molecule is COc1cccc(NC(=O)[C@H]2CCCN(c3nc4ccccc4nc3OC)C2)c1. The molecule has 7 nitrogen and oxygen atoms in total. The molecule has 4 rings (SSSR count). The molecule has 0 saturated carbocycles. The Morgan fingerprint density at radius 2 is 1.86 bits per heavy atom. The van der Waals surface area contributed by atoms with Crippen LogP contribution in [0, 0.1) is 5.92 Å². The van der Waals surface area contributed by atoms with Gasteiger partial charge in [-0.05, 0) is 37.1 Å². The minimum absolute atomic E-state index is 0.00401. The van der Waals surface area contributed by atoms with Crippen LogP contribution in [-0.4, -0.2) is 43.2 Å². The molecular formula is C22H24N4O3. The van der Waals surface area contributed by atoms with E-state index in [2.05, 4.69) is 15.2 Å². The van der Waals surface area contributed by atoms with Gasteiger partial charge in [0.1, 0.15) is 5.75 Å². The smallest absolute Gasteiger partial charge is 0.257 e. The maximum atomic E-state index is 12.9. The van der Waals surface area contributed by atoms with E-state index in [1.54, 1.807) is 14.2 Å². The second-order valence-electron chi connectivity index (χ2n) is 7.05. The molecule has 29 heavy (non-hydrogen) atoms. The van der Waals surface area contributed by atoms with Crippen molar-refractivity contribution in [1.29, 1.82) is 0 Å². The number of para-hydroxylation sites is 2. The van der Waals surface area contributed by atoms with Gasteiger partial charge in [0.05, 0.1) is 31.2 Å². The predicted molar refractivity (Wildman–Crippen MR) is 113 cm³/mol. The van der Waals surface area contributed by atoms with E-state index in [1.165, 1.54) is 0 Å². The van der Waals surface area contributed by atoms with Gasteiger partial charge < -0.3 is 19.7 Å². The fraction of sp³-hybridized carbons (Fsp3) is 0.318. The number of fused-ring (bicyclic) bond motifs is 1. The number of aromatic nitrogens is 2. The molecule has 150 valence electrons. The molecule has 0 spiro atoms. The first kappa shape index (κ1) is 19.0. The fourth-order valence-corrected chi connectivity index (χ4v) is 3.65. The molecule has 2 heterocycles. The summed E-state index contributed by atoms with van der Waals surface area (Å²) in [6, 6.07) is 15.1. The minimum Gasteiger partial charge on any atom is -0.497 e. The predicted octanol–water partition coefficient (Wildman–Crippen LogP) is 3.50. The van der Waals surface area contributed by atoms with Gasteiger partial charge in [-0.1, -0.05) is 18.2 Å². The summed E-state index contributed by atoms with van der Waals surface area (Å²) in [5.74, 6) is 1.73. The van der Waals surface area contributed by atoms with Crippen LogP contribution in [0.1, 0.15) is 12.8 Å². The highest BCUT2D eigenvalue weighted by Crippen LogP contribution is 2.31. The second-order valence-corrected chi connectivity index (χ2v) is 7.05. The molecule has 1 aliphatic rings. The normalized spacial score (nSPS) is 16.5. The molecule has 1 atom stereocenters. The molecule has 1 N–H and O–H groups in total. The van der Waals surface area contributed by atoms with Crippen LogP contribution < -0.4 is 19.7 Å². The van der Waals surface area contributed by atoms with E-state index in [0.29, 0.717) is 24.0 Å². The lowest BCUT2D eigenvalue weighted by Gasteiger charge is -2.33. The molecule has 1 amide bonds. The average Bonchev–Trinajstić information content (AvgIpc) is 2.78. The second kappa shape index (κ2) is 8.34. The van der Waals surface area contributed by atoms with E-state index in [-0.39, 0.29) is 11.8 Å². The third-order valence-electron chi connectivity index (χ3n) is 5.14. The average molecular weight is 392 g/mol. The summed E-state index contributed by atoms with van der Waals surface area (Å²) < 4.78 is 10.7. The highest BCUT2D eigenvalue weighted by Gasteiger charge is 2.29. The molecule has 0 unspecified atom stereocenters. The largest absolute Gasteiger partial charge is 0.497 e. The van der Waals surface area contributed by atoms with Crippen molar-refractivity contribution in [2.75, 3.05) is 37.5 Å². The first-order valence-corrected chi connectivity index (χ1v) is 9.68. The van der Waals surface area contributed by atoms with Gasteiger partial charge in [0, 0.05) is 24.8 Å². The zero-order valence-corrected chi connectivity index (χ0v) is 16.6. The van der Waals surface area contributed by atoms with Crippen molar-refractivity contribution in [1.82, 2.24) is 9.97 Å². The van der Waals surface area contributed by atoms with Crippen LogP contribution >= 0.6 is 0 Å². The lowest BCUT2D eigenvalue weighted by atomic mass is 9.97. The van der Waals surface area contributed by atoms with Gasteiger partial charge in [0.15, 0.2) is 5.82 Å². The Morgan fingerprint density at radius 3 is 2.62 bits per heavy atom. The zero-order valence-electron chi connectivity index (χ0n) is 16.6. The van der Waals surface area contributed by atoms with Crippen LogP contribution in [0.3, 0.4) is 0 Å². The highest BCUT2D eigenvalue weighted by atomic mass is 16.5. The van der Waals surface area contributed by atoms with E-state index >= 15 is 0 Å². The van der Waals surface area contributed by atoms with Crippen molar-refractivity contribution < 1.29 is 14.3 Å². The fourth-order valence-electron chi connectivity index (χ4n) is 3.65. The maximum absolute atomic E-state index is 12.9. The lowest BCUT2D eigenvalue weighted by Crippen LogP contribution is -2.41. The van der Waals surface area contributed by atoms with E-state index in [1.807, 2.05) is 48.5 Å². The molecule has 2 aromatic carbocycles. The van der Waals surface area contributed by atoms with Crippen LogP contribution in [0.15, 0.2) is 48.5 Å². The van der Waals surface area contributed by atoms with Gasteiger partial charge in [-0.15, -0.1) is 0 Å². The van der Waals surface area contributed by atoms with Crippen LogP contribution in [0.5, 0.6) is 11.6 Å². The number of ether oxygens (including phenoxy) is 2. The number of anilines is 2. The summed E-state index contributed by atoms with van der Waals surface area (Å²) in [5.41, 5.74) is 2.33. The number of rotatable bonds is 5.